The molecule has 1 fully saturated rings. The highest BCUT2D eigenvalue weighted by Gasteiger charge is 2.53. The molecule has 0 radical (unpaired) electrons. The van der Waals surface area contributed by atoms with Crippen molar-refractivity contribution in [2.24, 2.45) is 5.41 Å². The van der Waals surface area contributed by atoms with Gasteiger partial charge in [-0.2, -0.15) is 0 Å². The molecule has 1 aromatic heterocycles. The summed E-state index contributed by atoms with van der Waals surface area (Å²) in [5.74, 6) is 1.01. The van der Waals surface area contributed by atoms with E-state index in [1.165, 1.54) is 0 Å². The summed E-state index contributed by atoms with van der Waals surface area (Å²) in [7, 11) is 1.81. The maximum absolute atomic E-state index is 12.5. The summed E-state index contributed by atoms with van der Waals surface area (Å²) >= 11 is 0. The highest BCUT2D eigenvalue weighted by Crippen LogP contribution is 2.45. The molecule has 0 bridgehead atoms. The SMILES string of the molecule is Cc1cc(C(=O)N(C)[C@@H]2C[C@@H](Oc3ccccc3)C2(C)C)on1. The van der Waals surface area contributed by atoms with Crippen LogP contribution in [-0.2, 0) is 0 Å². The molecule has 0 N–H and O–H groups in total. The first kappa shape index (κ1) is 15.6. The van der Waals surface area contributed by atoms with Crippen LogP contribution in [0.2, 0.25) is 0 Å². The van der Waals surface area contributed by atoms with Crippen LogP contribution in [0.1, 0.15) is 36.5 Å². The number of rotatable bonds is 4. The van der Waals surface area contributed by atoms with Crippen LogP contribution in [0, 0.1) is 12.3 Å². The molecule has 1 heterocycles. The molecular formula is C18H22N2O3. The van der Waals surface area contributed by atoms with Gasteiger partial charge in [-0.1, -0.05) is 37.2 Å². The lowest BCUT2D eigenvalue weighted by Crippen LogP contribution is -2.63. The summed E-state index contributed by atoms with van der Waals surface area (Å²) in [6.07, 6.45) is 0.888. The van der Waals surface area contributed by atoms with Gasteiger partial charge in [0, 0.05) is 31.0 Å². The van der Waals surface area contributed by atoms with Gasteiger partial charge in [0.05, 0.1) is 5.69 Å². The Hall–Kier alpha value is -2.30. The van der Waals surface area contributed by atoms with Crippen molar-refractivity contribution in [3.05, 3.63) is 47.9 Å². The largest absolute Gasteiger partial charge is 0.490 e. The first-order valence-electron chi connectivity index (χ1n) is 7.82. The van der Waals surface area contributed by atoms with E-state index in [4.69, 9.17) is 9.26 Å². The molecule has 1 aromatic carbocycles. The van der Waals surface area contributed by atoms with Crippen molar-refractivity contribution in [2.75, 3.05) is 7.05 Å². The minimum absolute atomic E-state index is 0.0848. The molecule has 0 unspecified atom stereocenters. The Kier molecular flexibility index (Phi) is 3.88. The third-order valence-corrected chi connectivity index (χ3v) is 4.77. The molecule has 5 heteroatoms. The molecule has 2 aromatic rings. The molecule has 122 valence electrons. The number of hydrogen-bond donors (Lipinski definition) is 0. The lowest BCUT2D eigenvalue weighted by molar-refractivity contribution is -0.0892. The van der Waals surface area contributed by atoms with Gasteiger partial charge < -0.3 is 14.2 Å². The lowest BCUT2D eigenvalue weighted by atomic mass is 9.63. The van der Waals surface area contributed by atoms with Crippen LogP contribution in [-0.4, -0.2) is 35.2 Å². The zero-order valence-electron chi connectivity index (χ0n) is 13.9. The predicted molar refractivity (Wildman–Crippen MR) is 86.4 cm³/mol. The summed E-state index contributed by atoms with van der Waals surface area (Å²) in [6.45, 7) is 6.06. The number of carbonyl (C=O) groups is 1. The van der Waals surface area contributed by atoms with Crippen molar-refractivity contribution < 1.29 is 14.1 Å². The second-order valence-electron chi connectivity index (χ2n) is 6.74. The van der Waals surface area contributed by atoms with Gasteiger partial charge in [-0.05, 0) is 19.1 Å². The van der Waals surface area contributed by atoms with Gasteiger partial charge in [0.25, 0.3) is 5.91 Å². The molecule has 0 aliphatic heterocycles. The number of para-hydroxylation sites is 1. The van der Waals surface area contributed by atoms with E-state index in [-0.39, 0.29) is 29.2 Å². The predicted octanol–water partition coefficient (Wildman–Crippen LogP) is 3.30. The van der Waals surface area contributed by atoms with E-state index in [9.17, 15) is 4.79 Å². The van der Waals surface area contributed by atoms with Crippen LogP contribution < -0.4 is 4.74 Å². The summed E-state index contributed by atoms with van der Waals surface area (Å²) in [6, 6.07) is 11.6. The van der Waals surface area contributed by atoms with E-state index in [2.05, 4.69) is 19.0 Å². The zero-order valence-corrected chi connectivity index (χ0v) is 13.9. The van der Waals surface area contributed by atoms with E-state index in [1.54, 1.807) is 17.9 Å². The van der Waals surface area contributed by atoms with Gasteiger partial charge >= 0.3 is 0 Å². The third kappa shape index (κ3) is 2.83. The molecule has 3 rings (SSSR count). The number of amides is 1. The van der Waals surface area contributed by atoms with E-state index in [0.29, 0.717) is 5.69 Å². The van der Waals surface area contributed by atoms with Crippen LogP contribution >= 0.6 is 0 Å². The topological polar surface area (TPSA) is 55.6 Å². The van der Waals surface area contributed by atoms with Gasteiger partial charge in [-0.25, -0.2) is 0 Å². The highest BCUT2D eigenvalue weighted by molar-refractivity contribution is 5.91. The van der Waals surface area contributed by atoms with E-state index in [1.807, 2.05) is 37.4 Å². The average molecular weight is 314 g/mol. The molecule has 1 aliphatic carbocycles. The summed E-state index contributed by atoms with van der Waals surface area (Å²) in [5.41, 5.74) is 0.579. The van der Waals surface area contributed by atoms with Gasteiger partial charge in [-0.3, -0.25) is 4.79 Å². The fraction of sp³-hybridized carbons (Fsp3) is 0.444. The molecule has 5 nitrogen and oxygen atoms in total. The molecule has 23 heavy (non-hydrogen) atoms. The van der Waals surface area contributed by atoms with Gasteiger partial charge in [0.1, 0.15) is 11.9 Å². The van der Waals surface area contributed by atoms with Crippen LogP contribution in [0.5, 0.6) is 5.75 Å². The number of ether oxygens (including phenoxy) is 1. The second kappa shape index (κ2) is 5.72. The minimum Gasteiger partial charge on any atom is -0.490 e. The lowest BCUT2D eigenvalue weighted by Gasteiger charge is -2.54. The van der Waals surface area contributed by atoms with Gasteiger partial charge in [0.15, 0.2) is 0 Å². The second-order valence-corrected chi connectivity index (χ2v) is 6.74. The Morgan fingerprint density at radius 3 is 2.61 bits per heavy atom. The minimum atomic E-state index is -0.137. The Labute approximate surface area is 136 Å². The van der Waals surface area contributed by atoms with E-state index < -0.39 is 0 Å². The summed E-state index contributed by atoms with van der Waals surface area (Å²) in [5, 5.41) is 3.78. The quantitative estimate of drug-likeness (QED) is 0.869. The molecule has 1 amide bonds. The van der Waals surface area contributed by atoms with Crippen molar-refractivity contribution >= 4 is 5.91 Å². The molecule has 1 saturated carbocycles. The normalized spacial score (nSPS) is 22.3. The van der Waals surface area contributed by atoms with Gasteiger partial charge in [-0.15, -0.1) is 0 Å². The van der Waals surface area contributed by atoms with Crippen LogP contribution in [0.15, 0.2) is 40.9 Å². The number of aromatic nitrogens is 1. The van der Waals surface area contributed by atoms with Crippen molar-refractivity contribution in [1.82, 2.24) is 10.1 Å². The van der Waals surface area contributed by atoms with Crippen molar-refractivity contribution in [3.8, 4) is 5.75 Å². The van der Waals surface area contributed by atoms with Crippen molar-refractivity contribution in [3.63, 3.8) is 0 Å². The van der Waals surface area contributed by atoms with Crippen molar-refractivity contribution in [1.29, 1.82) is 0 Å². The third-order valence-electron chi connectivity index (χ3n) is 4.77. The molecule has 1 aliphatic rings. The number of benzene rings is 1. The average Bonchev–Trinajstić information content (AvgIpc) is 2.97. The number of aryl methyl sites for hydroxylation is 1. The van der Waals surface area contributed by atoms with Crippen LogP contribution in [0.25, 0.3) is 0 Å². The van der Waals surface area contributed by atoms with Crippen LogP contribution in [0.3, 0.4) is 0 Å². The van der Waals surface area contributed by atoms with Crippen LogP contribution in [0.4, 0.5) is 0 Å². The molecular weight excluding hydrogens is 292 g/mol. The maximum atomic E-state index is 12.5. The maximum Gasteiger partial charge on any atom is 0.292 e. The Morgan fingerprint density at radius 1 is 1.35 bits per heavy atom. The first-order valence-corrected chi connectivity index (χ1v) is 7.82. The van der Waals surface area contributed by atoms with Gasteiger partial charge in [0.2, 0.25) is 5.76 Å². The highest BCUT2D eigenvalue weighted by atomic mass is 16.5. The smallest absolute Gasteiger partial charge is 0.292 e. The number of hydrogen-bond acceptors (Lipinski definition) is 4. The Morgan fingerprint density at radius 2 is 2.04 bits per heavy atom. The number of carbonyl (C=O) groups excluding carboxylic acids is 1. The zero-order chi connectivity index (χ0) is 16.6. The standard InChI is InChI=1S/C18H22N2O3/c1-12-10-14(23-19-12)17(21)20(4)15-11-16(18(15,2)3)22-13-8-6-5-7-9-13/h5-10,15-16H,11H2,1-4H3/t15-,16-/m1/s1. The van der Waals surface area contributed by atoms with E-state index in [0.717, 1.165) is 12.2 Å². The molecule has 0 spiro atoms. The fourth-order valence-corrected chi connectivity index (χ4v) is 3.16. The summed E-state index contributed by atoms with van der Waals surface area (Å²) in [4.78, 5) is 14.2. The fourth-order valence-electron chi connectivity index (χ4n) is 3.16. The van der Waals surface area contributed by atoms with Crippen molar-refractivity contribution in [2.45, 2.75) is 39.3 Å². The number of nitrogens with zero attached hydrogens (tertiary/aromatic N) is 2. The first-order chi connectivity index (χ1) is 10.9. The Balaban J connectivity index is 1.67. The van der Waals surface area contributed by atoms with E-state index >= 15 is 0 Å². The molecule has 0 saturated heterocycles. The summed E-state index contributed by atoms with van der Waals surface area (Å²) < 4.78 is 11.1. The molecule has 2 atom stereocenters. The Bertz CT molecular complexity index is 693. The monoisotopic (exact) mass is 314 g/mol.